The first kappa shape index (κ1) is 17.4. The van der Waals surface area contributed by atoms with Crippen LogP contribution in [0.5, 0.6) is 0 Å². The number of para-hydroxylation sites is 1. The lowest BCUT2D eigenvalue weighted by Crippen LogP contribution is -2.42. The number of carbonyl (C=O) groups is 1. The van der Waals surface area contributed by atoms with Crippen molar-refractivity contribution in [1.29, 1.82) is 0 Å². The molecule has 1 unspecified atom stereocenters. The zero-order valence-corrected chi connectivity index (χ0v) is 14.0. The second-order valence-electron chi connectivity index (χ2n) is 5.53. The van der Waals surface area contributed by atoms with Crippen LogP contribution < -0.4 is 5.32 Å². The lowest BCUT2D eigenvalue weighted by atomic mass is 10.2. The number of carbonyl (C=O) groups excluding carboxylic acids is 1. The summed E-state index contributed by atoms with van der Waals surface area (Å²) in [5.74, 6) is -0.0299. The van der Waals surface area contributed by atoms with Crippen LogP contribution in [0.3, 0.4) is 0 Å². The zero-order valence-electron chi connectivity index (χ0n) is 13.2. The van der Waals surface area contributed by atoms with Gasteiger partial charge in [-0.05, 0) is 31.5 Å². The molecule has 1 fully saturated rings. The molecular formula is C16H22ClN5O. The van der Waals surface area contributed by atoms with Crippen LogP contribution in [0.2, 0.25) is 0 Å². The van der Waals surface area contributed by atoms with E-state index >= 15 is 0 Å². The maximum absolute atomic E-state index is 12.7. The Bertz CT molecular complexity index is 624. The summed E-state index contributed by atoms with van der Waals surface area (Å²) in [5.41, 5.74) is 1.31. The fraction of sp³-hybridized carbons (Fsp3) is 0.438. The summed E-state index contributed by atoms with van der Waals surface area (Å²) in [5, 5.41) is 11.5. The first-order chi connectivity index (χ1) is 10.8. The van der Waals surface area contributed by atoms with Gasteiger partial charge in [0.1, 0.15) is 0 Å². The van der Waals surface area contributed by atoms with Gasteiger partial charge in [0.2, 0.25) is 0 Å². The molecule has 1 saturated heterocycles. The Hall–Kier alpha value is -1.92. The average molecular weight is 336 g/mol. The maximum Gasteiger partial charge on any atom is 0.276 e. The van der Waals surface area contributed by atoms with Gasteiger partial charge in [0.25, 0.3) is 5.91 Å². The standard InChI is InChI=1S/C16H21N5O.ClH/c1-2-10-20(14-8-9-17-11-14)16(22)15-12-21(19-18-15)13-6-4-3-5-7-13;/h3-7,12,14,17H,2,8-11H2,1H3;1H. The Morgan fingerprint density at radius 2 is 2.17 bits per heavy atom. The minimum Gasteiger partial charge on any atom is -0.333 e. The van der Waals surface area contributed by atoms with Crippen LogP contribution >= 0.6 is 12.4 Å². The molecular weight excluding hydrogens is 314 g/mol. The molecule has 0 aliphatic carbocycles. The largest absolute Gasteiger partial charge is 0.333 e. The van der Waals surface area contributed by atoms with E-state index in [0.29, 0.717) is 5.69 Å². The van der Waals surface area contributed by atoms with E-state index in [1.165, 1.54) is 0 Å². The highest BCUT2D eigenvalue weighted by Gasteiger charge is 2.28. The minimum atomic E-state index is -0.0299. The van der Waals surface area contributed by atoms with Crippen molar-refractivity contribution in [2.75, 3.05) is 19.6 Å². The lowest BCUT2D eigenvalue weighted by molar-refractivity contribution is 0.0686. The van der Waals surface area contributed by atoms with Crippen molar-refractivity contribution in [2.45, 2.75) is 25.8 Å². The second kappa shape index (κ2) is 8.08. The number of hydrogen-bond acceptors (Lipinski definition) is 4. The van der Waals surface area contributed by atoms with Crippen molar-refractivity contribution in [2.24, 2.45) is 0 Å². The lowest BCUT2D eigenvalue weighted by Gasteiger charge is -2.27. The summed E-state index contributed by atoms with van der Waals surface area (Å²) < 4.78 is 1.64. The van der Waals surface area contributed by atoms with E-state index in [2.05, 4.69) is 22.6 Å². The number of nitrogens with one attached hydrogen (secondary N) is 1. The third kappa shape index (κ3) is 3.89. The smallest absolute Gasteiger partial charge is 0.276 e. The van der Waals surface area contributed by atoms with Gasteiger partial charge in [0, 0.05) is 19.1 Å². The molecule has 1 aliphatic heterocycles. The van der Waals surface area contributed by atoms with Crippen molar-refractivity contribution in [3.63, 3.8) is 0 Å². The number of hydrogen-bond donors (Lipinski definition) is 1. The predicted molar refractivity (Wildman–Crippen MR) is 91.2 cm³/mol. The Kier molecular flexibility index (Phi) is 6.12. The number of rotatable bonds is 5. The van der Waals surface area contributed by atoms with Gasteiger partial charge < -0.3 is 10.2 Å². The van der Waals surface area contributed by atoms with Gasteiger partial charge in [-0.1, -0.05) is 30.3 Å². The summed E-state index contributed by atoms with van der Waals surface area (Å²) >= 11 is 0. The van der Waals surface area contributed by atoms with Gasteiger partial charge >= 0.3 is 0 Å². The van der Waals surface area contributed by atoms with Crippen molar-refractivity contribution in [3.05, 3.63) is 42.2 Å². The van der Waals surface area contributed by atoms with E-state index in [-0.39, 0.29) is 24.4 Å². The van der Waals surface area contributed by atoms with Crippen molar-refractivity contribution >= 4 is 18.3 Å². The maximum atomic E-state index is 12.7. The van der Waals surface area contributed by atoms with Crippen LogP contribution in [0.4, 0.5) is 0 Å². The molecule has 0 bridgehead atoms. The minimum absolute atomic E-state index is 0. The third-order valence-electron chi connectivity index (χ3n) is 3.93. The van der Waals surface area contributed by atoms with E-state index in [0.717, 1.165) is 38.2 Å². The molecule has 1 aromatic heterocycles. The highest BCUT2D eigenvalue weighted by atomic mass is 35.5. The number of benzene rings is 1. The van der Waals surface area contributed by atoms with E-state index in [9.17, 15) is 4.79 Å². The summed E-state index contributed by atoms with van der Waals surface area (Å²) in [4.78, 5) is 14.7. The molecule has 0 radical (unpaired) electrons. The number of nitrogens with zero attached hydrogens (tertiary/aromatic N) is 4. The fourth-order valence-electron chi connectivity index (χ4n) is 2.81. The molecule has 1 aromatic carbocycles. The molecule has 124 valence electrons. The zero-order chi connectivity index (χ0) is 15.4. The first-order valence-electron chi connectivity index (χ1n) is 7.79. The summed E-state index contributed by atoms with van der Waals surface area (Å²) in [6, 6.07) is 9.96. The molecule has 1 N–H and O–H groups in total. The normalized spacial score (nSPS) is 16.8. The molecule has 3 rings (SSSR count). The third-order valence-corrected chi connectivity index (χ3v) is 3.93. The van der Waals surface area contributed by atoms with E-state index in [1.54, 1.807) is 10.9 Å². The second-order valence-corrected chi connectivity index (χ2v) is 5.53. The van der Waals surface area contributed by atoms with E-state index in [4.69, 9.17) is 0 Å². The van der Waals surface area contributed by atoms with Crippen LogP contribution in [0, 0.1) is 0 Å². The molecule has 7 heteroatoms. The molecule has 0 saturated carbocycles. The summed E-state index contributed by atoms with van der Waals surface area (Å²) in [6.07, 6.45) is 3.65. The molecule has 1 atom stereocenters. The Labute approximate surface area is 142 Å². The van der Waals surface area contributed by atoms with Gasteiger partial charge in [-0.3, -0.25) is 4.79 Å². The van der Waals surface area contributed by atoms with Gasteiger partial charge in [-0.15, -0.1) is 17.5 Å². The number of halogens is 1. The van der Waals surface area contributed by atoms with Crippen LogP contribution in [0.15, 0.2) is 36.5 Å². The van der Waals surface area contributed by atoms with Gasteiger partial charge in [-0.25, -0.2) is 4.68 Å². The quantitative estimate of drug-likeness (QED) is 0.906. The molecule has 2 aromatic rings. The molecule has 2 heterocycles. The topological polar surface area (TPSA) is 63.1 Å². The highest BCUT2D eigenvalue weighted by Crippen LogP contribution is 2.14. The Morgan fingerprint density at radius 3 is 2.83 bits per heavy atom. The molecule has 6 nitrogen and oxygen atoms in total. The number of aromatic nitrogens is 3. The van der Waals surface area contributed by atoms with Crippen molar-refractivity contribution in [1.82, 2.24) is 25.2 Å². The first-order valence-corrected chi connectivity index (χ1v) is 7.79. The summed E-state index contributed by atoms with van der Waals surface area (Å²) in [7, 11) is 0. The Morgan fingerprint density at radius 1 is 1.39 bits per heavy atom. The molecule has 1 amide bonds. The molecule has 0 spiro atoms. The SMILES string of the molecule is CCCN(C(=O)c1cn(-c2ccccc2)nn1)C1CCNC1.Cl. The predicted octanol–water partition coefficient (Wildman–Crippen LogP) is 1.90. The summed E-state index contributed by atoms with van der Waals surface area (Å²) in [6.45, 7) is 4.67. The molecule has 23 heavy (non-hydrogen) atoms. The number of amides is 1. The average Bonchev–Trinajstić information content (AvgIpc) is 3.24. The fourth-order valence-corrected chi connectivity index (χ4v) is 2.81. The van der Waals surface area contributed by atoms with E-state index in [1.807, 2.05) is 35.2 Å². The van der Waals surface area contributed by atoms with Gasteiger partial charge in [0.15, 0.2) is 5.69 Å². The van der Waals surface area contributed by atoms with Crippen molar-refractivity contribution < 1.29 is 4.79 Å². The van der Waals surface area contributed by atoms with Crippen LogP contribution in [-0.4, -0.2) is 51.5 Å². The van der Waals surface area contributed by atoms with Crippen LogP contribution in [0.25, 0.3) is 5.69 Å². The molecule has 1 aliphatic rings. The van der Waals surface area contributed by atoms with Gasteiger partial charge in [-0.2, -0.15) is 0 Å². The highest BCUT2D eigenvalue weighted by molar-refractivity contribution is 5.92. The Balaban J connectivity index is 0.00000192. The van der Waals surface area contributed by atoms with Crippen LogP contribution in [-0.2, 0) is 0 Å². The van der Waals surface area contributed by atoms with Crippen molar-refractivity contribution in [3.8, 4) is 5.69 Å². The monoisotopic (exact) mass is 335 g/mol. The van der Waals surface area contributed by atoms with Crippen LogP contribution in [0.1, 0.15) is 30.3 Å². The van der Waals surface area contributed by atoms with E-state index < -0.39 is 0 Å². The van der Waals surface area contributed by atoms with Gasteiger partial charge in [0.05, 0.1) is 11.9 Å².